The van der Waals surface area contributed by atoms with Crippen molar-refractivity contribution in [1.82, 2.24) is 4.90 Å². The van der Waals surface area contributed by atoms with Crippen molar-refractivity contribution in [3.8, 4) is 0 Å². The number of allylic oxidation sites excluding steroid dienone is 3. The lowest BCUT2D eigenvalue weighted by atomic mass is 10.1. The highest BCUT2D eigenvalue weighted by Crippen LogP contribution is 2.18. The lowest BCUT2D eigenvalue weighted by molar-refractivity contribution is -0.110. The number of hydrogen-bond donors (Lipinski definition) is 2. The predicted octanol–water partition coefficient (Wildman–Crippen LogP) is 2.49. The standard InChI is InChI=1S/C18H24N4O/c1-3-22(4-2)12-11-20-14-5-7-15(8-6-14)21-18-10-9-16(23)13-17(18)19/h5-10,13,20H,3-4,11-12,19H2,1-2H3/b21-18+. The second kappa shape index (κ2) is 8.29. The number of nitrogens with one attached hydrogen (secondary N) is 1. The number of ketones is 1. The van der Waals surface area contributed by atoms with Crippen LogP contribution in [0.2, 0.25) is 0 Å². The van der Waals surface area contributed by atoms with E-state index in [0.717, 1.165) is 37.6 Å². The topological polar surface area (TPSA) is 70.7 Å². The summed E-state index contributed by atoms with van der Waals surface area (Å²) in [5.41, 5.74) is 8.71. The second-order valence-electron chi connectivity index (χ2n) is 5.33. The zero-order valence-corrected chi connectivity index (χ0v) is 13.7. The number of aliphatic imine (C=N–C) groups is 1. The van der Waals surface area contributed by atoms with E-state index in [-0.39, 0.29) is 5.78 Å². The molecule has 5 heteroatoms. The van der Waals surface area contributed by atoms with Gasteiger partial charge in [-0.25, -0.2) is 4.99 Å². The van der Waals surface area contributed by atoms with E-state index in [2.05, 4.69) is 29.1 Å². The molecule has 1 aliphatic carbocycles. The minimum absolute atomic E-state index is 0.103. The van der Waals surface area contributed by atoms with Gasteiger partial charge in [-0.05, 0) is 49.5 Å². The Kier molecular flexibility index (Phi) is 6.11. The van der Waals surface area contributed by atoms with Gasteiger partial charge in [-0.2, -0.15) is 0 Å². The molecule has 122 valence electrons. The molecule has 0 saturated carbocycles. The summed E-state index contributed by atoms with van der Waals surface area (Å²) in [6.07, 6.45) is 4.51. The Morgan fingerprint density at radius 3 is 2.43 bits per heavy atom. The normalized spacial score (nSPS) is 16.0. The van der Waals surface area contributed by atoms with E-state index in [9.17, 15) is 4.79 Å². The van der Waals surface area contributed by atoms with Crippen molar-refractivity contribution in [2.75, 3.05) is 31.5 Å². The van der Waals surface area contributed by atoms with Gasteiger partial charge in [0.2, 0.25) is 0 Å². The number of nitrogens with zero attached hydrogens (tertiary/aromatic N) is 2. The minimum Gasteiger partial charge on any atom is -0.397 e. The van der Waals surface area contributed by atoms with Crippen LogP contribution in [0.15, 0.2) is 53.2 Å². The van der Waals surface area contributed by atoms with Gasteiger partial charge in [-0.3, -0.25) is 4.79 Å². The van der Waals surface area contributed by atoms with Gasteiger partial charge in [0.05, 0.1) is 17.1 Å². The van der Waals surface area contributed by atoms with E-state index < -0.39 is 0 Å². The summed E-state index contributed by atoms with van der Waals surface area (Å²) >= 11 is 0. The van der Waals surface area contributed by atoms with Gasteiger partial charge in [0.15, 0.2) is 5.78 Å². The highest BCUT2D eigenvalue weighted by Gasteiger charge is 2.07. The minimum atomic E-state index is -0.103. The molecule has 0 bridgehead atoms. The monoisotopic (exact) mass is 312 g/mol. The van der Waals surface area contributed by atoms with Crippen LogP contribution < -0.4 is 11.1 Å². The van der Waals surface area contributed by atoms with Crippen molar-refractivity contribution in [2.24, 2.45) is 10.7 Å². The van der Waals surface area contributed by atoms with Gasteiger partial charge >= 0.3 is 0 Å². The van der Waals surface area contributed by atoms with Gasteiger partial charge < -0.3 is 16.0 Å². The van der Waals surface area contributed by atoms with Crippen LogP contribution in [0, 0.1) is 0 Å². The lowest BCUT2D eigenvalue weighted by Crippen LogP contribution is -2.28. The maximum absolute atomic E-state index is 11.2. The number of rotatable bonds is 7. The third-order valence-corrected chi connectivity index (χ3v) is 3.77. The summed E-state index contributed by atoms with van der Waals surface area (Å²) in [7, 11) is 0. The number of nitrogens with two attached hydrogens (primary N) is 1. The zero-order chi connectivity index (χ0) is 16.7. The SMILES string of the molecule is CCN(CC)CCNc1ccc(/N=C2\C=CC(=O)C=C2N)cc1. The first-order chi connectivity index (χ1) is 11.1. The summed E-state index contributed by atoms with van der Waals surface area (Å²) in [6, 6.07) is 7.87. The van der Waals surface area contributed by atoms with Crippen LogP contribution >= 0.6 is 0 Å². The molecule has 0 amide bonds. The van der Waals surface area contributed by atoms with Crippen LogP contribution in [0.3, 0.4) is 0 Å². The molecule has 0 unspecified atom stereocenters. The van der Waals surface area contributed by atoms with Crippen LogP contribution in [-0.4, -0.2) is 42.6 Å². The highest BCUT2D eigenvalue weighted by atomic mass is 16.1. The summed E-state index contributed by atoms with van der Waals surface area (Å²) in [4.78, 5) is 18.0. The largest absolute Gasteiger partial charge is 0.397 e. The fraction of sp³-hybridized carbons (Fsp3) is 0.333. The van der Waals surface area contributed by atoms with Crippen molar-refractivity contribution >= 4 is 22.9 Å². The first kappa shape index (κ1) is 17.0. The summed E-state index contributed by atoms with van der Waals surface area (Å²) in [5.74, 6) is -0.103. The lowest BCUT2D eigenvalue weighted by Gasteiger charge is -2.18. The molecule has 5 nitrogen and oxygen atoms in total. The van der Waals surface area contributed by atoms with Crippen molar-refractivity contribution in [2.45, 2.75) is 13.8 Å². The molecule has 0 aromatic heterocycles. The second-order valence-corrected chi connectivity index (χ2v) is 5.33. The van der Waals surface area contributed by atoms with E-state index in [4.69, 9.17) is 5.73 Å². The maximum Gasteiger partial charge on any atom is 0.180 e. The van der Waals surface area contributed by atoms with Crippen molar-refractivity contribution in [1.29, 1.82) is 0 Å². The van der Waals surface area contributed by atoms with Gasteiger partial charge in [0.25, 0.3) is 0 Å². The molecule has 2 rings (SSSR count). The zero-order valence-electron chi connectivity index (χ0n) is 13.7. The smallest absolute Gasteiger partial charge is 0.180 e. The van der Waals surface area contributed by atoms with E-state index in [0.29, 0.717) is 11.4 Å². The number of anilines is 1. The Labute approximate surface area is 137 Å². The predicted molar refractivity (Wildman–Crippen MR) is 96.2 cm³/mol. The number of hydrogen-bond acceptors (Lipinski definition) is 5. The van der Waals surface area contributed by atoms with Crippen LogP contribution in [0.4, 0.5) is 11.4 Å². The first-order valence-corrected chi connectivity index (χ1v) is 7.97. The molecule has 0 fully saturated rings. The third-order valence-electron chi connectivity index (χ3n) is 3.77. The molecular weight excluding hydrogens is 288 g/mol. The van der Waals surface area contributed by atoms with E-state index >= 15 is 0 Å². The summed E-state index contributed by atoms with van der Waals surface area (Å²) in [5, 5.41) is 3.40. The first-order valence-electron chi connectivity index (χ1n) is 7.97. The Balaban J connectivity index is 1.94. The Morgan fingerprint density at radius 2 is 1.83 bits per heavy atom. The Hall–Kier alpha value is -2.40. The average molecular weight is 312 g/mol. The van der Waals surface area contributed by atoms with Gasteiger partial charge in [0, 0.05) is 24.9 Å². The molecule has 1 aromatic carbocycles. The number of likely N-dealkylation sites (N-methyl/N-ethyl adjacent to an activating group) is 1. The maximum atomic E-state index is 11.2. The molecule has 23 heavy (non-hydrogen) atoms. The number of carbonyl (C=O) groups excluding carboxylic acids is 1. The number of carbonyl (C=O) groups is 1. The van der Waals surface area contributed by atoms with E-state index in [1.54, 1.807) is 6.08 Å². The molecular formula is C18H24N4O. The molecule has 0 saturated heterocycles. The highest BCUT2D eigenvalue weighted by molar-refractivity contribution is 6.19. The molecule has 0 atom stereocenters. The quantitative estimate of drug-likeness (QED) is 0.759. The Bertz CT molecular complexity index is 625. The molecule has 0 radical (unpaired) electrons. The Morgan fingerprint density at radius 1 is 1.13 bits per heavy atom. The number of benzene rings is 1. The average Bonchev–Trinajstić information content (AvgIpc) is 2.56. The summed E-state index contributed by atoms with van der Waals surface area (Å²) in [6.45, 7) is 8.42. The fourth-order valence-electron chi connectivity index (χ4n) is 2.33. The molecule has 0 aliphatic heterocycles. The molecule has 1 aromatic rings. The molecule has 3 N–H and O–H groups in total. The van der Waals surface area contributed by atoms with Gasteiger partial charge in [-0.15, -0.1) is 0 Å². The molecule has 1 aliphatic rings. The van der Waals surface area contributed by atoms with Gasteiger partial charge in [0.1, 0.15) is 0 Å². The molecule has 0 spiro atoms. The third kappa shape index (κ3) is 5.07. The summed E-state index contributed by atoms with van der Waals surface area (Å²) < 4.78 is 0. The fourth-order valence-corrected chi connectivity index (χ4v) is 2.33. The van der Waals surface area contributed by atoms with Crippen LogP contribution in [-0.2, 0) is 4.79 Å². The van der Waals surface area contributed by atoms with Gasteiger partial charge in [-0.1, -0.05) is 13.8 Å². The van der Waals surface area contributed by atoms with E-state index in [1.165, 1.54) is 12.2 Å². The van der Waals surface area contributed by atoms with E-state index in [1.807, 2.05) is 24.3 Å². The van der Waals surface area contributed by atoms with Crippen molar-refractivity contribution in [3.63, 3.8) is 0 Å². The van der Waals surface area contributed by atoms with Crippen molar-refractivity contribution < 1.29 is 4.79 Å². The van der Waals surface area contributed by atoms with Crippen LogP contribution in [0.25, 0.3) is 0 Å². The molecule has 0 heterocycles. The van der Waals surface area contributed by atoms with Crippen molar-refractivity contribution in [3.05, 3.63) is 48.2 Å². The van der Waals surface area contributed by atoms with Crippen LogP contribution in [0.1, 0.15) is 13.8 Å². The van der Waals surface area contributed by atoms with Crippen LogP contribution in [0.5, 0.6) is 0 Å².